The third-order valence-electron chi connectivity index (χ3n) is 3.19. The molecule has 0 fully saturated rings. The monoisotopic (exact) mass is 297 g/mol. The highest BCUT2D eigenvalue weighted by atomic mass is 35.5. The molecule has 0 bridgehead atoms. The van der Waals surface area contributed by atoms with Gasteiger partial charge in [0.1, 0.15) is 0 Å². The van der Waals surface area contributed by atoms with Crippen LogP contribution in [0, 0.1) is 6.92 Å². The Morgan fingerprint density at radius 3 is 2.85 bits per heavy atom. The van der Waals surface area contributed by atoms with Crippen LogP contribution in [0.5, 0.6) is 0 Å². The molecule has 2 rings (SSSR count). The lowest BCUT2D eigenvalue weighted by Crippen LogP contribution is -2.22. The van der Waals surface area contributed by atoms with Gasteiger partial charge in [-0.25, -0.2) is 0 Å². The van der Waals surface area contributed by atoms with Gasteiger partial charge in [0, 0.05) is 13.7 Å². The first-order valence-corrected chi connectivity index (χ1v) is 6.96. The van der Waals surface area contributed by atoms with Crippen molar-refractivity contribution in [3.63, 3.8) is 0 Å². The zero-order valence-corrected chi connectivity index (χ0v) is 12.8. The van der Waals surface area contributed by atoms with E-state index in [9.17, 15) is 0 Å². The molecule has 0 saturated heterocycles. The van der Waals surface area contributed by atoms with Crippen LogP contribution in [0.1, 0.15) is 30.0 Å². The van der Waals surface area contributed by atoms with E-state index in [1.165, 1.54) is 0 Å². The third kappa shape index (κ3) is 2.87. The summed E-state index contributed by atoms with van der Waals surface area (Å²) in [6.07, 6.45) is 1.62. The number of nitrogens with zero attached hydrogens (tertiary/aromatic N) is 4. The molecular formula is C13H20ClN5O. The summed E-state index contributed by atoms with van der Waals surface area (Å²) < 4.78 is 8.77. The third-order valence-corrected chi connectivity index (χ3v) is 3.48. The van der Waals surface area contributed by atoms with Crippen molar-refractivity contribution in [3.8, 4) is 0 Å². The van der Waals surface area contributed by atoms with Gasteiger partial charge < -0.3 is 10.5 Å². The second-order valence-corrected chi connectivity index (χ2v) is 5.00. The highest BCUT2D eigenvalue weighted by molar-refractivity contribution is 6.31. The lowest BCUT2D eigenvalue weighted by Gasteiger charge is -2.16. The summed E-state index contributed by atoms with van der Waals surface area (Å²) in [5.74, 6) is 0. The lowest BCUT2D eigenvalue weighted by atomic mass is 10.1. The van der Waals surface area contributed by atoms with Gasteiger partial charge in [-0.05, 0) is 19.9 Å². The van der Waals surface area contributed by atoms with E-state index in [-0.39, 0.29) is 6.04 Å². The first-order valence-electron chi connectivity index (χ1n) is 6.58. The number of nitrogens with two attached hydrogens (primary N) is 1. The second-order valence-electron chi connectivity index (χ2n) is 4.60. The second kappa shape index (κ2) is 6.39. The molecule has 110 valence electrons. The smallest absolute Gasteiger partial charge is 0.0909 e. The van der Waals surface area contributed by atoms with Gasteiger partial charge in [-0.1, -0.05) is 11.6 Å². The predicted octanol–water partition coefficient (Wildman–Crippen LogP) is 1.76. The number of hydrogen-bond donors (Lipinski definition) is 1. The van der Waals surface area contributed by atoms with Crippen LogP contribution >= 0.6 is 11.6 Å². The standard InChI is InChI=1S/C13H20ClN5O/c1-4-18-11(7-9(2)17-18)12(15)13-10(14)8-16-19(13)5-6-20-3/h7-8,12H,4-6,15H2,1-3H3. The zero-order chi connectivity index (χ0) is 14.7. The Morgan fingerprint density at radius 1 is 1.45 bits per heavy atom. The number of methoxy groups -OCH3 is 1. The van der Waals surface area contributed by atoms with Gasteiger partial charge in [-0.15, -0.1) is 0 Å². The summed E-state index contributed by atoms with van der Waals surface area (Å²) in [6.45, 7) is 5.93. The number of rotatable bonds is 6. The van der Waals surface area contributed by atoms with Gasteiger partial charge in [0.05, 0.1) is 47.5 Å². The molecule has 2 heterocycles. The Bertz CT molecular complexity index is 577. The fourth-order valence-electron chi connectivity index (χ4n) is 2.25. The van der Waals surface area contributed by atoms with Gasteiger partial charge in [0.25, 0.3) is 0 Å². The number of ether oxygens (including phenoxy) is 1. The van der Waals surface area contributed by atoms with Crippen LogP contribution in [-0.2, 0) is 17.8 Å². The lowest BCUT2D eigenvalue weighted by molar-refractivity contribution is 0.182. The van der Waals surface area contributed by atoms with Gasteiger partial charge >= 0.3 is 0 Å². The summed E-state index contributed by atoms with van der Waals surface area (Å²) in [5, 5.41) is 9.24. The average Bonchev–Trinajstić information content (AvgIpc) is 2.98. The maximum absolute atomic E-state index is 6.38. The minimum atomic E-state index is -0.358. The van der Waals surface area contributed by atoms with Crippen LogP contribution in [0.25, 0.3) is 0 Å². The fraction of sp³-hybridized carbons (Fsp3) is 0.538. The Morgan fingerprint density at radius 2 is 2.20 bits per heavy atom. The highest BCUT2D eigenvalue weighted by Crippen LogP contribution is 2.27. The summed E-state index contributed by atoms with van der Waals surface area (Å²) >= 11 is 6.24. The van der Waals surface area contributed by atoms with E-state index < -0.39 is 0 Å². The van der Waals surface area contributed by atoms with Crippen molar-refractivity contribution in [1.82, 2.24) is 19.6 Å². The van der Waals surface area contributed by atoms with E-state index in [0.717, 1.165) is 23.6 Å². The van der Waals surface area contributed by atoms with Gasteiger partial charge in [-0.2, -0.15) is 10.2 Å². The molecule has 2 aromatic heterocycles. The van der Waals surface area contributed by atoms with Gasteiger partial charge in [0.2, 0.25) is 0 Å². The first-order chi connectivity index (χ1) is 9.58. The van der Waals surface area contributed by atoms with Crippen LogP contribution < -0.4 is 5.73 Å². The van der Waals surface area contributed by atoms with Crippen LogP contribution in [0.4, 0.5) is 0 Å². The number of aromatic nitrogens is 4. The van der Waals surface area contributed by atoms with Crippen molar-refractivity contribution >= 4 is 11.6 Å². The molecule has 0 radical (unpaired) electrons. The van der Waals surface area contributed by atoms with E-state index in [1.807, 2.05) is 24.6 Å². The molecule has 0 amide bonds. The Kier molecular flexibility index (Phi) is 4.80. The summed E-state index contributed by atoms with van der Waals surface area (Å²) in [6, 6.07) is 1.63. The maximum Gasteiger partial charge on any atom is 0.0909 e. The molecule has 0 aliphatic heterocycles. The molecule has 7 heteroatoms. The molecule has 0 saturated carbocycles. The molecule has 6 nitrogen and oxygen atoms in total. The van der Waals surface area contributed by atoms with Crippen molar-refractivity contribution in [2.75, 3.05) is 13.7 Å². The fourth-order valence-corrected chi connectivity index (χ4v) is 2.51. The van der Waals surface area contributed by atoms with Gasteiger partial charge in [-0.3, -0.25) is 9.36 Å². The van der Waals surface area contributed by atoms with Crippen LogP contribution in [0.2, 0.25) is 5.02 Å². The van der Waals surface area contributed by atoms with Crippen molar-refractivity contribution < 1.29 is 4.74 Å². The molecule has 1 atom stereocenters. The molecule has 1 unspecified atom stereocenters. The van der Waals surface area contributed by atoms with Crippen molar-refractivity contribution in [2.24, 2.45) is 5.73 Å². The Labute approximate surface area is 123 Å². The summed E-state index contributed by atoms with van der Waals surface area (Å²) in [4.78, 5) is 0. The molecule has 0 aliphatic rings. The van der Waals surface area contributed by atoms with Gasteiger partial charge in [0.15, 0.2) is 0 Å². The summed E-state index contributed by atoms with van der Waals surface area (Å²) in [5.41, 5.74) is 9.04. The Balaban J connectivity index is 2.36. The largest absolute Gasteiger partial charge is 0.383 e. The minimum absolute atomic E-state index is 0.358. The summed E-state index contributed by atoms with van der Waals surface area (Å²) in [7, 11) is 1.65. The molecule has 20 heavy (non-hydrogen) atoms. The minimum Gasteiger partial charge on any atom is -0.383 e. The van der Waals surface area contributed by atoms with E-state index in [2.05, 4.69) is 10.2 Å². The number of halogens is 1. The molecule has 0 spiro atoms. The van der Waals surface area contributed by atoms with E-state index in [4.69, 9.17) is 22.1 Å². The van der Waals surface area contributed by atoms with E-state index in [0.29, 0.717) is 18.2 Å². The number of aryl methyl sites for hydroxylation is 2. The van der Waals surface area contributed by atoms with Crippen molar-refractivity contribution in [3.05, 3.63) is 34.4 Å². The molecule has 0 aliphatic carbocycles. The molecule has 0 aromatic carbocycles. The molecular weight excluding hydrogens is 278 g/mol. The zero-order valence-electron chi connectivity index (χ0n) is 12.0. The normalized spacial score (nSPS) is 12.8. The highest BCUT2D eigenvalue weighted by Gasteiger charge is 2.22. The van der Waals surface area contributed by atoms with Crippen LogP contribution in [0.15, 0.2) is 12.3 Å². The molecule has 2 aromatic rings. The maximum atomic E-state index is 6.38. The topological polar surface area (TPSA) is 70.9 Å². The SMILES string of the molecule is CCn1nc(C)cc1C(N)c1c(Cl)cnn1CCOC. The average molecular weight is 298 g/mol. The van der Waals surface area contributed by atoms with E-state index in [1.54, 1.807) is 18.0 Å². The van der Waals surface area contributed by atoms with Crippen molar-refractivity contribution in [2.45, 2.75) is 33.0 Å². The quantitative estimate of drug-likeness (QED) is 0.882. The first kappa shape index (κ1) is 15.0. The van der Waals surface area contributed by atoms with Crippen molar-refractivity contribution in [1.29, 1.82) is 0 Å². The van der Waals surface area contributed by atoms with E-state index >= 15 is 0 Å². The van der Waals surface area contributed by atoms with Crippen LogP contribution in [0.3, 0.4) is 0 Å². The predicted molar refractivity (Wildman–Crippen MR) is 77.8 cm³/mol. The molecule has 2 N–H and O–H groups in total. The van der Waals surface area contributed by atoms with Crippen LogP contribution in [-0.4, -0.2) is 33.3 Å². The Hall–Kier alpha value is -1.37. The number of hydrogen-bond acceptors (Lipinski definition) is 4.